The maximum atomic E-state index is 12.4. The maximum Gasteiger partial charge on any atom is 0.417 e. The average Bonchev–Trinajstić information content (AvgIpc) is 2.40. The summed E-state index contributed by atoms with van der Waals surface area (Å²) in [6.45, 7) is 0. The largest absolute Gasteiger partial charge is 0.417 e. The summed E-state index contributed by atoms with van der Waals surface area (Å²) in [4.78, 5) is 15.4. The lowest BCUT2D eigenvalue weighted by Gasteiger charge is -2.08. The van der Waals surface area contributed by atoms with Gasteiger partial charge in [0.25, 0.3) is 0 Å². The Bertz CT molecular complexity index is 569. The Morgan fingerprint density at radius 3 is 2.20 bits per heavy atom. The molecule has 0 aliphatic carbocycles. The Morgan fingerprint density at radius 1 is 1.13 bits per heavy atom. The Balaban J connectivity index is 2.77. The number of aromatic amines is 2. The number of rotatable bonds is 0. The number of alkyl halides is 3. The van der Waals surface area contributed by atoms with Crippen molar-refractivity contribution in [3.05, 3.63) is 33.2 Å². The van der Waals surface area contributed by atoms with E-state index in [1.165, 1.54) is 0 Å². The second-order valence-corrected chi connectivity index (χ2v) is 3.36. The number of aromatic nitrogens is 2. The first-order valence-electron chi connectivity index (χ1n) is 3.86. The number of hydrogen-bond acceptors (Lipinski definition) is 1. The average molecular weight is 237 g/mol. The highest BCUT2D eigenvalue weighted by Crippen LogP contribution is 2.36. The lowest BCUT2D eigenvalue weighted by atomic mass is 10.2. The molecule has 1 heterocycles. The first-order chi connectivity index (χ1) is 6.88. The molecule has 0 unspecified atom stereocenters. The van der Waals surface area contributed by atoms with Crippen molar-refractivity contribution in [1.29, 1.82) is 0 Å². The van der Waals surface area contributed by atoms with Gasteiger partial charge < -0.3 is 9.97 Å². The van der Waals surface area contributed by atoms with E-state index in [0.717, 1.165) is 12.1 Å². The monoisotopic (exact) mass is 236 g/mol. The first kappa shape index (κ1) is 10.1. The quantitative estimate of drug-likeness (QED) is 0.726. The molecule has 0 fully saturated rings. The van der Waals surface area contributed by atoms with E-state index in [0.29, 0.717) is 0 Å². The summed E-state index contributed by atoms with van der Waals surface area (Å²) in [5, 5.41) is -0.440. The summed E-state index contributed by atoms with van der Waals surface area (Å²) >= 11 is 5.44. The van der Waals surface area contributed by atoms with E-state index >= 15 is 0 Å². The molecule has 0 amide bonds. The van der Waals surface area contributed by atoms with Gasteiger partial charge in [0.1, 0.15) is 0 Å². The van der Waals surface area contributed by atoms with Crippen molar-refractivity contribution in [1.82, 2.24) is 9.97 Å². The normalized spacial score (nSPS) is 12.3. The molecule has 0 bridgehead atoms. The zero-order valence-electron chi connectivity index (χ0n) is 7.07. The van der Waals surface area contributed by atoms with Gasteiger partial charge in [-0.15, -0.1) is 0 Å². The van der Waals surface area contributed by atoms with E-state index in [2.05, 4.69) is 9.97 Å². The molecule has 0 radical (unpaired) electrons. The molecule has 2 N–H and O–H groups in total. The molecule has 0 aliphatic rings. The van der Waals surface area contributed by atoms with E-state index in [4.69, 9.17) is 11.6 Å². The molecule has 0 atom stereocenters. The van der Waals surface area contributed by atoms with Crippen LogP contribution in [0.3, 0.4) is 0 Å². The molecule has 0 spiro atoms. The lowest BCUT2D eigenvalue weighted by Crippen LogP contribution is -2.05. The molecule has 1 aromatic carbocycles. The molecule has 0 saturated heterocycles. The fourth-order valence-electron chi connectivity index (χ4n) is 1.27. The number of H-pyrrole nitrogens is 2. The number of halogens is 4. The lowest BCUT2D eigenvalue weighted by molar-refractivity contribution is -0.137. The van der Waals surface area contributed by atoms with Gasteiger partial charge in [-0.3, -0.25) is 0 Å². The van der Waals surface area contributed by atoms with Crippen LogP contribution in [0.5, 0.6) is 0 Å². The van der Waals surface area contributed by atoms with E-state index in [1.54, 1.807) is 0 Å². The summed E-state index contributed by atoms with van der Waals surface area (Å²) in [7, 11) is 0. The van der Waals surface area contributed by atoms with Crippen molar-refractivity contribution in [3.8, 4) is 0 Å². The van der Waals surface area contributed by atoms with Crippen molar-refractivity contribution >= 4 is 22.6 Å². The van der Waals surface area contributed by atoms with E-state index in [9.17, 15) is 18.0 Å². The van der Waals surface area contributed by atoms with Crippen molar-refractivity contribution in [2.45, 2.75) is 6.18 Å². The van der Waals surface area contributed by atoms with Gasteiger partial charge in [0.05, 0.1) is 21.6 Å². The van der Waals surface area contributed by atoms with Crippen LogP contribution in [0.1, 0.15) is 5.56 Å². The number of benzene rings is 1. The summed E-state index contributed by atoms with van der Waals surface area (Å²) in [6, 6.07) is 1.87. The molecule has 2 rings (SSSR count). The van der Waals surface area contributed by atoms with Crippen molar-refractivity contribution in [2.24, 2.45) is 0 Å². The van der Waals surface area contributed by atoms with Gasteiger partial charge >= 0.3 is 11.9 Å². The zero-order chi connectivity index (χ0) is 11.2. The standard InChI is InChI=1S/C8H4ClF3N2O/c9-4-2-6-5(13-7(15)14-6)1-3(4)8(10,11)12/h1-2H,(H2,13,14,15). The molecule has 80 valence electrons. The molecule has 0 saturated carbocycles. The van der Waals surface area contributed by atoms with Gasteiger partial charge in [0, 0.05) is 0 Å². The fourth-order valence-corrected chi connectivity index (χ4v) is 1.54. The van der Waals surface area contributed by atoms with Crippen LogP contribution in [0.2, 0.25) is 5.02 Å². The van der Waals surface area contributed by atoms with Crippen LogP contribution >= 0.6 is 11.6 Å². The van der Waals surface area contributed by atoms with E-state index in [-0.39, 0.29) is 11.0 Å². The van der Waals surface area contributed by atoms with Gasteiger partial charge in [-0.05, 0) is 12.1 Å². The highest BCUT2D eigenvalue weighted by atomic mass is 35.5. The van der Waals surface area contributed by atoms with Crippen LogP contribution in [0.4, 0.5) is 13.2 Å². The summed E-state index contributed by atoms with van der Waals surface area (Å²) in [6.07, 6.45) is -4.53. The summed E-state index contributed by atoms with van der Waals surface area (Å²) in [5.41, 5.74) is -1.21. The first-order valence-corrected chi connectivity index (χ1v) is 4.24. The Morgan fingerprint density at radius 2 is 1.67 bits per heavy atom. The minimum atomic E-state index is -4.53. The number of nitrogens with one attached hydrogen (secondary N) is 2. The van der Waals surface area contributed by atoms with Crippen LogP contribution in [0.25, 0.3) is 11.0 Å². The second-order valence-electron chi connectivity index (χ2n) is 2.95. The number of imidazole rings is 1. The van der Waals surface area contributed by atoms with Gasteiger partial charge in [-0.1, -0.05) is 11.6 Å². The van der Waals surface area contributed by atoms with Crippen LogP contribution in [0, 0.1) is 0 Å². The molecule has 3 nitrogen and oxygen atoms in total. The van der Waals surface area contributed by atoms with Gasteiger partial charge in [0.15, 0.2) is 0 Å². The van der Waals surface area contributed by atoms with Crippen LogP contribution in [-0.2, 0) is 6.18 Å². The summed E-state index contributed by atoms with van der Waals surface area (Å²) < 4.78 is 37.2. The Kier molecular flexibility index (Phi) is 2.04. The molecule has 7 heteroatoms. The van der Waals surface area contributed by atoms with Crippen molar-refractivity contribution in [2.75, 3.05) is 0 Å². The van der Waals surface area contributed by atoms with E-state index in [1.807, 2.05) is 0 Å². The molecular weight excluding hydrogens is 233 g/mol. The molecule has 15 heavy (non-hydrogen) atoms. The smallest absolute Gasteiger partial charge is 0.306 e. The van der Waals surface area contributed by atoms with E-state index < -0.39 is 22.5 Å². The van der Waals surface area contributed by atoms with Gasteiger partial charge in [-0.25, -0.2) is 4.79 Å². The van der Waals surface area contributed by atoms with Crippen LogP contribution in [-0.4, -0.2) is 9.97 Å². The Labute approximate surface area is 85.9 Å². The molecule has 2 aromatic rings. The van der Waals surface area contributed by atoms with Crippen molar-refractivity contribution in [3.63, 3.8) is 0 Å². The third-order valence-electron chi connectivity index (χ3n) is 1.91. The topological polar surface area (TPSA) is 48.6 Å². The van der Waals surface area contributed by atoms with Gasteiger partial charge in [0.2, 0.25) is 0 Å². The SMILES string of the molecule is O=c1[nH]c2cc(Cl)c(C(F)(F)F)cc2[nH]1. The van der Waals surface area contributed by atoms with Crippen molar-refractivity contribution < 1.29 is 13.2 Å². The third kappa shape index (κ3) is 1.72. The van der Waals surface area contributed by atoms with Crippen LogP contribution < -0.4 is 5.69 Å². The fraction of sp³-hybridized carbons (Fsp3) is 0.125. The Hall–Kier alpha value is -1.43. The van der Waals surface area contributed by atoms with Crippen LogP contribution in [0.15, 0.2) is 16.9 Å². The third-order valence-corrected chi connectivity index (χ3v) is 2.22. The van der Waals surface area contributed by atoms with Gasteiger partial charge in [-0.2, -0.15) is 13.2 Å². The molecular formula is C8H4ClF3N2O. The highest BCUT2D eigenvalue weighted by Gasteiger charge is 2.33. The molecule has 1 aromatic heterocycles. The predicted molar refractivity (Wildman–Crippen MR) is 48.9 cm³/mol. The minimum absolute atomic E-state index is 0.0803. The zero-order valence-corrected chi connectivity index (χ0v) is 7.83. The second kappa shape index (κ2) is 3.03. The number of fused-ring (bicyclic) bond motifs is 1. The maximum absolute atomic E-state index is 12.4. The minimum Gasteiger partial charge on any atom is -0.306 e. The number of hydrogen-bond donors (Lipinski definition) is 2. The molecule has 0 aliphatic heterocycles. The summed E-state index contributed by atoms with van der Waals surface area (Å²) in [5.74, 6) is 0. The highest BCUT2D eigenvalue weighted by molar-refractivity contribution is 6.32. The predicted octanol–water partition coefficient (Wildman–Crippen LogP) is 2.53.